The summed E-state index contributed by atoms with van der Waals surface area (Å²) in [6.07, 6.45) is 3.77. The fourth-order valence-electron chi connectivity index (χ4n) is 2.91. The van der Waals surface area contributed by atoms with Gasteiger partial charge in [0.05, 0.1) is 6.04 Å². The topological polar surface area (TPSA) is 3.01 Å². The zero-order valence-corrected chi connectivity index (χ0v) is 10.1. The molecule has 0 saturated carbocycles. The lowest BCUT2D eigenvalue weighted by molar-refractivity contribution is 0.533. The molecule has 0 amide bonds. The highest BCUT2D eigenvalue weighted by Gasteiger charge is 2.50. The minimum Gasteiger partial charge on any atom is -0.282 e. The van der Waals surface area contributed by atoms with Crippen LogP contribution in [0.2, 0.25) is 0 Å². The van der Waals surface area contributed by atoms with Crippen LogP contribution >= 0.6 is 0 Å². The van der Waals surface area contributed by atoms with Gasteiger partial charge in [0, 0.05) is 12.6 Å². The van der Waals surface area contributed by atoms with Crippen LogP contribution in [-0.2, 0) is 0 Å². The van der Waals surface area contributed by atoms with Crippen LogP contribution < -0.4 is 0 Å². The highest BCUT2D eigenvalue weighted by Crippen LogP contribution is 2.49. The van der Waals surface area contributed by atoms with E-state index in [0.29, 0.717) is 12.1 Å². The van der Waals surface area contributed by atoms with Gasteiger partial charge < -0.3 is 0 Å². The van der Waals surface area contributed by atoms with E-state index in [1.54, 1.807) is 5.57 Å². The standard InChI is InChI=1S/C15H19N/c1-11(2)8-12-9-14-15(16(14)10-12)13-6-4-3-5-7-13/h3-7,9,11,14-15H,8,10H2,1-2H3. The molecule has 2 aliphatic heterocycles. The molecular formula is C15H19N. The van der Waals surface area contributed by atoms with Crippen LogP contribution in [0.25, 0.3) is 0 Å². The molecule has 1 aromatic rings. The van der Waals surface area contributed by atoms with Gasteiger partial charge >= 0.3 is 0 Å². The van der Waals surface area contributed by atoms with Gasteiger partial charge in [-0.05, 0) is 17.9 Å². The lowest BCUT2D eigenvalue weighted by Crippen LogP contribution is -2.03. The highest BCUT2D eigenvalue weighted by atomic mass is 15.4. The molecule has 2 heterocycles. The second kappa shape index (κ2) is 3.74. The Morgan fingerprint density at radius 3 is 2.56 bits per heavy atom. The van der Waals surface area contributed by atoms with E-state index in [2.05, 4.69) is 55.2 Å². The third-order valence-corrected chi connectivity index (χ3v) is 3.58. The molecule has 1 heteroatoms. The number of rotatable bonds is 3. The first-order valence-corrected chi connectivity index (χ1v) is 6.26. The quantitative estimate of drug-likeness (QED) is 0.549. The zero-order chi connectivity index (χ0) is 11.1. The number of fused-ring (bicyclic) bond motifs is 1. The van der Waals surface area contributed by atoms with E-state index in [-0.39, 0.29) is 0 Å². The molecule has 3 unspecified atom stereocenters. The summed E-state index contributed by atoms with van der Waals surface area (Å²) in [6.45, 7) is 5.80. The summed E-state index contributed by atoms with van der Waals surface area (Å²) in [7, 11) is 0. The maximum absolute atomic E-state index is 2.59. The second-order valence-corrected chi connectivity index (χ2v) is 5.44. The van der Waals surface area contributed by atoms with E-state index in [4.69, 9.17) is 0 Å². The van der Waals surface area contributed by atoms with Crippen LogP contribution in [0.1, 0.15) is 31.9 Å². The highest BCUT2D eigenvalue weighted by molar-refractivity contribution is 5.37. The van der Waals surface area contributed by atoms with Gasteiger partial charge in [-0.15, -0.1) is 0 Å². The van der Waals surface area contributed by atoms with Crippen LogP contribution in [-0.4, -0.2) is 17.5 Å². The number of nitrogens with zero attached hydrogens (tertiary/aromatic N) is 1. The molecule has 1 saturated heterocycles. The average Bonchev–Trinajstić information content (AvgIpc) is 2.76. The molecule has 0 spiro atoms. The van der Waals surface area contributed by atoms with Gasteiger partial charge in [0.2, 0.25) is 0 Å². The van der Waals surface area contributed by atoms with E-state index in [0.717, 1.165) is 5.92 Å². The summed E-state index contributed by atoms with van der Waals surface area (Å²) >= 11 is 0. The fourth-order valence-corrected chi connectivity index (χ4v) is 2.91. The van der Waals surface area contributed by atoms with Crippen molar-refractivity contribution in [2.24, 2.45) is 5.92 Å². The molecule has 0 N–H and O–H groups in total. The Labute approximate surface area is 97.8 Å². The normalized spacial score (nSPS) is 31.4. The van der Waals surface area contributed by atoms with Crippen molar-refractivity contribution in [2.45, 2.75) is 32.4 Å². The first kappa shape index (κ1) is 10.1. The smallest absolute Gasteiger partial charge is 0.0549 e. The lowest BCUT2D eigenvalue weighted by Gasteiger charge is -2.09. The Morgan fingerprint density at radius 1 is 1.25 bits per heavy atom. The van der Waals surface area contributed by atoms with Crippen molar-refractivity contribution in [2.75, 3.05) is 6.54 Å². The van der Waals surface area contributed by atoms with Gasteiger partial charge in [-0.2, -0.15) is 0 Å². The van der Waals surface area contributed by atoms with Crippen LogP contribution in [0.3, 0.4) is 0 Å². The molecule has 0 bridgehead atoms. The molecule has 84 valence electrons. The van der Waals surface area contributed by atoms with Crippen molar-refractivity contribution >= 4 is 0 Å². The van der Waals surface area contributed by atoms with Crippen molar-refractivity contribution in [3.63, 3.8) is 0 Å². The number of hydrogen-bond donors (Lipinski definition) is 0. The number of benzene rings is 1. The minimum absolute atomic E-state index is 0.678. The predicted molar refractivity (Wildman–Crippen MR) is 67.2 cm³/mol. The molecule has 1 nitrogen and oxygen atoms in total. The largest absolute Gasteiger partial charge is 0.282 e. The Hall–Kier alpha value is -1.08. The van der Waals surface area contributed by atoms with Crippen molar-refractivity contribution in [1.29, 1.82) is 0 Å². The predicted octanol–water partition coefficient (Wildman–Crippen LogP) is 3.40. The Morgan fingerprint density at radius 2 is 2.00 bits per heavy atom. The molecule has 1 fully saturated rings. The summed E-state index contributed by atoms with van der Waals surface area (Å²) in [5.41, 5.74) is 3.12. The molecule has 16 heavy (non-hydrogen) atoms. The van der Waals surface area contributed by atoms with Gasteiger partial charge in [-0.3, -0.25) is 4.90 Å². The van der Waals surface area contributed by atoms with Crippen LogP contribution in [0.5, 0.6) is 0 Å². The van der Waals surface area contributed by atoms with Crippen molar-refractivity contribution in [3.05, 3.63) is 47.5 Å². The first-order valence-electron chi connectivity index (χ1n) is 6.26. The summed E-state index contributed by atoms with van der Waals surface area (Å²) in [5.74, 6) is 0.792. The van der Waals surface area contributed by atoms with Gasteiger partial charge in [0.1, 0.15) is 0 Å². The van der Waals surface area contributed by atoms with E-state index in [1.165, 1.54) is 18.5 Å². The Bertz CT molecular complexity index is 405. The fraction of sp³-hybridized carbons (Fsp3) is 0.467. The van der Waals surface area contributed by atoms with Crippen LogP contribution in [0.4, 0.5) is 0 Å². The lowest BCUT2D eigenvalue weighted by atomic mass is 10.0. The van der Waals surface area contributed by atoms with Crippen molar-refractivity contribution < 1.29 is 0 Å². The Balaban J connectivity index is 1.68. The summed E-state index contributed by atoms with van der Waals surface area (Å²) in [4.78, 5) is 2.59. The number of hydrogen-bond acceptors (Lipinski definition) is 1. The molecule has 0 aliphatic carbocycles. The Kier molecular flexibility index (Phi) is 2.36. The molecule has 1 aromatic carbocycles. The van der Waals surface area contributed by atoms with Crippen molar-refractivity contribution in [1.82, 2.24) is 4.90 Å². The van der Waals surface area contributed by atoms with E-state index in [1.807, 2.05) is 0 Å². The molecule has 3 atom stereocenters. The van der Waals surface area contributed by atoms with Crippen molar-refractivity contribution in [3.8, 4) is 0 Å². The molecule has 3 rings (SSSR count). The SMILES string of the molecule is CC(C)CC1=CC2C(c3ccccc3)N2C1. The molecular weight excluding hydrogens is 194 g/mol. The summed E-state index contributed by atoms with van der Waals surface area (Å²) in [5, 5.41) is 0. The second-order valence-electron chi connectivity index (χ2n) is 5.44. The van der Waals surface area contributed by atoms with E-state index in [9.17, 15) is 0 Å². The summed E-state index contributed by atoms with van der Waals surface area (Å²) < 4.78 is 0. The maximum atomic E-state index is 2.59. The zero-order valence-electron chi connectivity index (χ0n) is 10.1. The third kappa shape index (κ3) is 1.69. The maximum Gasteiger partial charge on any atom is 0.0549 e. The van der Waals surface area contributed by atoms with Gasteiger partial charge in [0.15, 0.2) is 0 Å². The molecule has 2 aliphatic rings. The minimum atomic E-state index is 0.678. The van der Waals surface area contributed by atoms with Gasteiger partial charge in [0.25, 0.3) is 0 Å². The van der Waals surface area contributed by atoms with Gasteiger partial charge in [-0.25, -0.2) is 0 Å². The first-order chi connectivity index (χ1) is 7.75. The van der Waals surface area contributed by atoms with Gasteiger partial charge in [-0.1, -0.05) is 55.8 Å². The van der Waals surface area contributed by atoms with E-state index < -0.39 is 0 Å². The third-order valence-electron chi connectivity index (χ3n) is 3.58. The van der Waals surface area contributed by atoms with Crippen LogP contribution in [0, 0.1) is 5.92 Å². The average molecular weight is 213 g/mol. The molecule has 0 radical (unpaired) electrons. The molecule has 0 aromatic heterocycles. The van der Waals surface area contributed by atoms with E-state index >= 15 is 0 Å². The summed E-state index contributed by atoms with van der Waals surface area (Å²) in [6, 6.07) is 12.3. The van der Waals surface area contributed by atoms with Crippen LogP contribution in [0.15, 0.2) is 42.0 Å². The monoisotopic (exact) mass is 213 g/mol.